The van der Waals surface area contributed by atoms with Gasteiger partial charge in [-0.25, -0.2) is 4.52 Å². The van der Waals surface area contributed by atoms with Gasteiger partial charge in [-0.15, -0.1) is 0 Å². The molecule has 1 amide bonds. The molecule has 8 heteroatoms. The monoisotopic (exact) mass is 410 g/mol. The number of aryl methyl sites for hydroxylation is 3. The van der Waals surface area contributed by atoms with Crippen LogP contribution >= 0.6 is 0 Å². The summed E-state index contributed by atoms with van der Waals surface area (Å²) < 4.78 is 13.8. The van der Waals surface area contributed by atoms with Crippen LogP contribution in [0.2, 0.25) is 0 Å². The van der Waals surface area contributed by atoms with E-state index in [1.807, 2.05) is 12.1 Å². The first kappa shape index (κ1) is 20.0. The molecule has 30 heavy (non-hydrogen) atoms. The van der Waals surface area contributed by atoms with E-state index in [4.69, 9.17) is 9.47 Å². The summed E-state index contributed by atoms with van der Waals surface area (Å²) in [5.74, 6) is 1.14. The zero-order valence-electron chi connectivity index (χ0n) is 17.3. The molecule has 0 saturated heterocycles. The molecule has 0 unspecified atom stereocenters. The Hall–Kier alpha value is -3.29. The van der Waals surface area contributed by atoms with E-state index in [0.717, 1.165) is 42.5 Å². The summed E-state index contributed by atoms with van der Waals surface area (Å²) in [5, 5.41) is 7.44. The average Bonchev–Trinajstić information content (AvgIpc) is 3.16. The molecule has 8 nitrogen and oxygen atoms in total. The number of methoxy groups -OCH3 is 2. The van der Waals surface area contributed by atoms with Crippen molar-refractivity contribution in [2.45, 2.75) is 45.2 Å². The number of aromatic nitrogens is 3. The zero-order valence-corrected chi connectivity index (χ0v) is 17.3. The van der Waals surface area contributed by atoms with Gasteiger partial charge in [0.25, 0.3) is 5.56 Å². The summed E-state index contributed by atoms with van der Waals surface area (Å²) in [4.78, 5) is 25.3. The Balaban J connectivity index is 1.40. The molecule has 1 N–H and O–H groups in total. The molecule has 2 heterocycles. The number of hydrogen-bond donors (Lipinski definition) is 1. The number of fused-ring (bicyclic) bond motifs is 3. The van der Waals surface area contributed by atoms with E-state index in [0.29, 0.717) is 30.1 Å². The molecule has 0 fully saturated rings. The number of rotatable bonds is 7. The van der Waals surface area contributed by atoms with Gasteiger partial charge in [0, 0.05) is 37.5 Å². The number of carbonyl (C=O) groups is 1. The van der Waals surface area contributed by atoms with Crippen LogP contribution in [-0.4, -0.2) is 34.3 Å². The molecular formula is C22H26N4O4. The molecule has 2 aromatic heterocycles. The smallest absolute Gasteiger partial charge is 0.276 e. The molecule has 1 aromatic carbocycles. The highest BCUT2D eigenvalue weighted by molar-refractivity contribution is 5.75. The number of hydrogen-bond acceptors (Lipinski definition) is 5. The van der Waals surface area contributed by atoms with E-state index < -0.39 is 0 Å². The van der Waals surface area contributed by atoms with Crippen molar-refractivity contribution in [2.75, 3.05) is 14.2 Å². The third-order valence-electron chi connectivity index (χ3n) is 5.55. The number of ether oxygens (including phenoxy) is 2. The molecule has 0 saturated carbocycles. The molecule has 158 valence electrons. The Labute approximate surface area is 174 Å². The van der Waals surface area contributed by atoms with Crippen LogP contribution in [0.3, 0.4) is 0 Å². The maximum Gasteiger partial charge on any atom is 0.276 e. The van der Waals surface area contributed by atoms with Crippen LogP contribution in [0.25, 0.3) is 5.52 Å². The van der Waals surface area contributed by atoms with Crippen LogP contribution in [0.5, 0.6) is 11.5 Å². The minimum Gasteiger partial charge on any atom is -0.493 e. The first-order valence-corrected chi connectivity index (χ1v) is 10.2. The van der Waals surface area contributed by atoms with Crippen LogP contribution in [0.15, 0.2) is 35.4 Å². The van der Waals surface area contributed by atoms with Gasteiger partial charge in [0.15, 0.2) is 11.5 Å². The molecule has 0 atom stereocenters. The lowest BCUT2D eigenvalue weighted by molar-refractivity contribution is -0.121. The highest BCUT2D eigenvalue weighted by Crippen LogP contribution is 2.27. The highest BCUT2D eigenvalue weighted by Gasteiger charge is 2.19. The van der Waals surface area contributed by atoms with Gasteiger partial charge in [0.1, 0.15) is 5.52 Å². The molecule has 4 rings (SSSR count). The van der Waals surface area contributed by atoms with Gasteiger partial charge in [-0.2, -0.15) is 5.10 Å². The lowest BCUT2D eigenvalue weighted by atomic mass is 9.97. The van der Waals surface area contributed by atoms with E-state index >= 15 is 0 Å². The first-order chi connectivity index (χ1) is 14.6. The number of carbonyl (C=O) groups excluding carboxylic acids is 1. The van der Waals surface area contributed by atoms with E-state index in [1.165, 1.54) is 0 Å². The summed E-state index contributed by atoms with van der Waals surface area (Å²) >= 11 is 0. The number of benzene rings is 1. The maximum absolute atomic E-state index is 12.9. The van der Waals surface area contributed by atoms with Crippen molar-refractivity contribution < 1.29 is 14.3 Å². The first-order valence-electron chi connectivity index (χ1n) is 10.2. The van der Waals surface area contributed by atoms with Crippen molar-refractivity contribution in [3.8, 4) is 11.5 Å². The van der Waals surface area contributed by atoms with Crippen molar-refractivity contribution in [1.29, 1.82) is 0 Å². The normalized spacial score (nSPS) is 13.1. The SMILES string of the molecule is COc1ccc(CNC(=O)CCn2ccn3nc4c(c3c2=O)CCCC4)cc1OC. The molecule has 0 aliphatic heterocycles. The van der Waals surface area contributed by atoms with Gasteiger partial charge in [-0.05, 0) is 43.4 Å². The third-order valence-corrected chi connectivity index (χ3v) is 5.55. The molecule has 0 spiro atoms. The summed E-state index contributed by atoms with van der Waals surface area (Å²) in [6, 6.07) is 5.52. The Morgan fingerprint density at radius 2 is 1.93 bits per heavy atom. The van der Waals surface area contributed by atoms with Gasteiger partial charge in [0.2, 0.25) is 5.91 Å². The molecule has 1 aliphatic carbocycles. The minimum atomic E-state index is -0.118. The Bertz CT molecular complexity index is 1130. The fraction of sp³-hybridized carbons (Fsp3) is 0.409. The second kappa shape index (κ2) is 8.61. The largest absolute Gasteiger partial charge is 0.493 e. The van der Waals surface area contributed by atoms with Gasteiger partial charge >= 0.3 is 0 Å². The van der Waals surface area contributed by atoms with Crippen molar-refractivity contribution >= 4 is 11.4 Å². The van der Waals surface area contributed by atoms with E-state index in [-0.39, 0.29) is 17.9 Å². The van der Waals surface area contributed by atoms with Gasteiger partial charge in [-0.3, -0.25) is 9.59 Å². The van der Waals surface area contributed by atoms with Crippen LogP contribution in [0.4, 0.5) is 0 Å². The van der Waals surface area contributed by atoms with Crippen molar-refractivity contribution in [2.24, 2.45) is 0 Å². The van der Waals surface area contributed by atoms with E-state index in [9.17, 15) is 9.59 Å². The predicted octanol–water partition coefficient (Wildman–Crippen LogP) is 2.10. The summed E-state index contributed by atoms with van der Waals surface area (Å²) in [6.45, 7) is 0.705. The molecule has 1 aliphatic rings. The number of nitrogens with zero attached hydrogens (tertiary/aromatic N) is 3. The second-order valence-electron chi connectivity index (χ2n) is 7.44. The van der Waals surface area contributed by atoms with Gasteiger partial charge in [-0.1, -0.05) is 6.07 Å². The Morgan fingerprint density at radius 1 is 1.13 bits per heavy atom. The summed E-state index contributed by atoms with van der Waals surface area (Å²) in [5.41, 5.74) is 3.58. The molecule has 0 bridgehead atoms. The van der Waals surface area contributed by atoms with Gasteiger partial charge < -0.3 is 19.4 Å². The zero-order chi connectivity index (χ0) is 21.1. The molecule has 3 aromatic rings. The fourth-order valence-electron chi connectivity index (χ4n) is 3.93. The third kappa shape index (κ3) is 3.90. The van der Waals surface area contributed by atoms with Crippen LogP contribution in [0.1, 0.15) is 36.1 Å². The maximum atomic E-state index is 12.9. The van der Waals surface area contributed by atoms with Crippen molar-refractivity contribution in [1.82, 2.24) is 19.5 Å². The average molecular weight is 410 g/mol. The lowest BCUT2D eigenvalue weighted by Crippen LogP contribution is -2.28. The van der Waals surface area contributed by atoms with Crippen molar-refractivity contribution in [3.63, 3.8) is 0 Å². The van der Waals surface area contributed by atoms with Crippen molar-refractivity contribution in [3.05, 3.63) is 57.8 Å². The minimum absolute atomic E-state index is 0.0826. The van der Waals surface area contributed by atoms with Crippen LogP contribution in [-0.2, 0) is 30.7 Å². The molecular weight excluding hydrogens is 384 g/mol. The van der Waals surface area contributed by atoms with E-state index in [1.54, 1.807) is 41.8 Å². The Morgan fingerprint density at radius 3 is 2.73 bits per heavy atom. The standard InChI is InChI=1S/C22H26N4O4/c1-29-18-8-7-15(13-19(18)30-2)14-23-20(27)9-10-25-11-12-26-21(22(25)28)16-5-3-4-6-17(16)24-26/h7-8,11-13H,3-6,9-10,14H2,1-2H3,(H,23,27). The predicted molar refractivity (Wildman–Crippen MR) is 112 cm³/mol. The summed E-state index contributed by atoms with van der Waals surface area (Å²) in [6.07, 6.45) is 7.75. The lowest BCUT2D eigenvalue weighted by Gasteiger charge is -2.11. The number of amides is 1. The Kier molecular flexibility index (Phi) is 5.74. The fourth-order valence-corrected chi connectivity index (χ4v) is 3.93. The van der Waals surface area contributed by atoms with Crippen LogP contribution in [0, 0.1) is 0 Å². The van der Waals surface area contributed by atoms with Gasteiger partial charge in [0.05, 0.1) is 19.9 Å². The van der Waals surface area contributed by atoms with Crippen LogP contribution < -0.4 is 20.3 Å². The highest BCUT2D eigenvalue weighted by atomic mass is 16.5. The quantitative estimate of drug-likeness (QED) is 0.645. The second-order valence-corrected chi connectivity index (χ2v) is 7.44. The van der Waals surface area contributed by atoms with E-state index in [2.05, 4.69) is 10.4 Å². The number of nitrogens with one attached hydrogen (secondary N) is 1. The topological polar surface area (TPSA) is 86.9 Å². The molecule has 0 radical (unpaired) electrons. The summed E-state index contributed by atoms with van der Waals surface area (Å²) in [7, 11) is 3.16.